The lowest BCUT2D eigenvalue weighted by molar-refractivity contribution is -0.384. The molecule has 3 heterocycles. The summed E-state index contributed by atoms with van der Waals surface area (Å²) in [7, 11) is 3.65. The molecule has 0 aliphatic carbocycles. The van der Waals surface area contributed by atoms with Gasteiger partial charge in [-0.25, -0.2) is 4.74 Å². The molecular weight excluding hydrogens is 385 g/mol. The minimum Gasteiger partial charge on any atom is -0.349 e. The monoisotopic (exact) mass is 407 g/mol. The van der Waals surface area contributed by atoms with Gasteiger partial charge in [0.25, 0.3) is 5.69 Å². The Kier molecular flexibility index (Phi) is 4.76. The van der Waals surface area contributed by atoms with E-state index in [0.29, 0.717) is 5.69 Å². The molecule has 7 nitrogen and oxygen atoms in total. The first kappa shape index (κ1) is 19.0. The summed E-state index contributed by atoms with van der Waals surface area (Å²) in [4.78, 5) is 10.7. The Balaban J connectivity index is 2.11. The zero-order chi connectivity index (χ0) is 20.6. The molecule has 29 heavy (non-hydrogen) atoms. The van der Waals surface area contributed by atoms with Gasteiger partial charge in [0.2, 0.25) is 0 Å². The van der Waals surface area contributed by atoms with Crippen LogP contribution in [0, 0.1) is 10.1 Å². The van der Waals surface area contributed by atoms with Crippen LogP contribution in [0.25, 0.3) is 0 Å². The maximum Gasteiger partial charge on any atom is 0.269 e. The predicted molar refractivity (Wildman–Crippen MR) is 117 cm³/mol. The van der Waals surface area contributed by atoms with E-state index in [4.69, 9.17) is 4.74 Å². The summed E-state index contributed by atoms with van der Waals surface area (Å²) in [5, 5.41) is 11.1. The summed E-state index contributed by atoms with van der Waals surface area (Å²) in [6.07, 6.45) is 6.09. The molecule has 0 bridgehead atoms. The second-order valence-corrected chi connectivity index (χ2v) is 9.79. The second-order valence-electron chi connectivity index (χ2n) is 6.94. The predicted octanol–water partition coefficient (Wildman–Crippen LogP) is 3.42. The number of rotatable bonds is 5. The van der Waals surface area contributed by atoms with Gasteiger partial charge in [0, 0.05) is 51.9 Å². The molecule has 1 aromatic carbocycles. The first-order valence-corrected chi connectivity index (χ1v) is 10.9. The molecule has 0 saturated heterocycles. The van der Waals surface area contributed by atoms with Crippen molar-refractivity contribution in [2.75, 3.05) is 0 Å². The van der Waals surface area contributed by atoms with Gasteiger partial charge in [-0.3, -0.25) is 10.1 Å². The number of aromatic nitrogens is 3. The molecule has 3 aromatic heterocycles. The number of hydrogen-bond acceptors (Lipinski definition) is 3. The number of nitro groups is 1. The van der Waals surface area contributed by atoms with E-state index in [1.54, 1.807) is 12.1 Å². The van der Waals surface area contributed by atoms with Gasteiger partial charge >= 0.3 is 0 Å². The largest absolute Gasteiger partial charge is 0.349 e. The lowest BCUT2D eigenvalue weighted by Gasteiger charge is -2.27. The number of aryl methyl sites for hydroxylation is 3. The molecule has 0 spiro atoms. The van der Waals surface area contributed by atoms with Crippen molar-refractivity contribution in [1.29, 1.82) is 0 Å². The lowest BCUT2D eigenvalue weighted by Crippen LogP contribution is -2.34. The summed E-state index contributed by atoms with van der Waals surface area (Å²) in [6, 6.07) is 18.9. The molecule has 4 aromatic rings. The van der Waals surface area contributed by atoms with E-state index in [1.807, 2.05) is 57.9 Å². The maximum absolute atomic E-state index is 11.1. The second kappa shape index (κ2) is 7.26. The number of nitrogens with zero attached hydrogens (tertiary/aromatic N) is 5. The quantitative estimate of drug-likeness (QED) is 0.289. The van der Waals surface area contributed by atoms with Gasteiger partial charge in [0.15, 0.2) is 0 Å². The highest BCUT2D eigenvalue weighted by Crippen LogP contribution is 2.49. The molecule has 148 valence electrons. The lowest BCUT2D eigenvalue weighted by atomic mass is 10.3. The van der Waals surface area contributed by atoms with Crippen molar-refractivity contribution in [1.82, 2.24) is 13.7 Å². The van der Waals surface area contributed by atoms with Crippen LogP contribution >= 0.6 is 7.05 Å². The highest BCUT2D eigenvalue weighted by Gasteiger charge is 2.33. The third-order valence-electron chi connectivity index (χ3n) is 5.07. The van der Waals surface area contributed by atoms with E-state index < -0.39 is 12.0 Å². The summed E-state index contributed by atoms with van der Waals surface area (Å²) in [6.45, 7) is 0. The highest BCUT2D eigenvalue weighted by atomic mass is 31.2. The van der Waals surface area contributed by atoms with Crippen LogP contribution in [-0.2, 0) is 21.1 Å². The fourth-order valence-electron chi connectivity index (χ4n) is 3.68. The van der Waals surface area contributed by atoms with Crippen LogP contribution < -0.4 is 16.3 Å². The number of hydrogen-bond donors (Lipinski definition) is 0. The molecule has 0 fully saturated rings. The first-order chi connectivity index (χ1) is 13.9. The standard InChI is InChI=1S/C21H22N5O2P/c1-23-14-4-7-19(23)29(20-8-5-15-24(20)2,21-9-6-16-25(21)3)22-17-10-12-18(13-11-17)26(27)28/h4-16H,1-3H3. The van der Waals surface area contributed by atoms with Gasteiger partial charge in [0.05, 0.1) is 26.9 Å². The van der Waals surface area contributed by atoms with E-state index >= 15 is 0 Å². The van der Waals surface area contributed by atoms with Crippen LogP contribution in [0.15, 0.2) is 84.0 Å². The molecule has 0 unspecified atom stereocenters. The number of non-ortho nitro benzene ring substituents is 1. The molecule has 4 rings (SSSR count). The summed E-state index contributed by atoms with van der Waals surface area (Å²) in [5.74, 6) is 0. The van der Waals surface area contributed by atoms with Crippen LogP contribution in [0.5, 0.6) is 0 Å². The van der Waals surface area contributed by atoms with E-state index in [0.717, 1.165) is 16.3 Å². The highest BCUT2D eigenvalue weighted by molar-refractivity contribution is 7.87. The number of benzene rings is 1. The Morgan fingerprint density at radius 3 is 1.48 bits per heavy atom. The molecule has 0 aliphatic rings. The molecule has 0 aliphatic heterocycles. The Hall–Kier alpha value is -3.31. The maximum atomic E-state index is 11.1. The smallest absolute Gasteiger partial charge is 0.269 e. The fourth-order valence-corrected chi connectivity index (χ4v) is 7.65. The van der Waals surface area contributed by atoms with Gasteiger partial charge < -0.3 is 13.7 Å². The molecule has 0 saturated carbocycles. The van der Waals surface area contributed by atoms with E-state index in [9.17, 15) is 10.1 Å². The van der Waals surface area contributed by atoms with Crippen LogP contribution in [0.3, 0.4) is 0 Å². The van der Waals surface area contributed by atoms with Gasteiger partial charge in [-0.05, 0) is 48.5 Å². The minimum atomic E-state index is -2.44. The van der Waals surface area contributed by atoms with Crippen LogP contribution in [-0.4, -0.2) is 18.6 Å². The van der Waals surface area contributed by atoms with Gasteiger partial charge in [0.1, 0.15) is 7.05 Å². The van der Waals surface area contributed by atoms with Crippen molar-refractivity contribution in [3.8, 4) is 0 Å². The molecule has 0 N–H and O–H groups in total. The normalized spacial score (nSPS) is 11.6. The topological polar surface area (TPSA) is 70.3 Å². The molecular formula is C21H22N5O2P. The first-order valence-electron chi connectivity index (χ1n) is 9.16. The van der Waals surface area contributed by atoms with Gasteiger partial charge in [-0.2, -0.15) is 0 Å². The van der Waals surface area contributed by atoms with Crippen molar-refractivity contribution in [3.63, 3.8) is 0 Å². The number of nitro benzene ring substituents is 1. The van der Waals surface area contributed by atoms with Crippen molar-refractivity contribution < 1.29 is 4.92 Å². The third kappa shape index (κ3) is 3.13. The molecule has 8 heteroatoms. The van der Waals surface area contributed by atoms with E-state index in [1.165, 1.54) is 12.1 Å². The van der Waals surface area contributed by atoms with Crippen LogP contribution in [0.4, 0.5) is 11.4 Å². The minimum absolute atomic E-state index is 0.0597. The summed E-state index contributed by atoms with van der Waals surface area (Å²) < 4.78 is 11.7. The molecule has 0 amide bonds. The van der Waals surface area contributed by atoms with Crippen molar-refractivity contribution in [2.45, 2.75) is 0 Å². The van der Waals surface area contributed by atoms with Crippen LogP contribution in [0.1, 0.15) is 0 Å². The Morgan fingerprint density at radius 2 is 1.17 bits per heavy atom. The summed E-state index contributed by atoms with van der Waals surface area (Å²) in [5.41, 5.74) is 4.11. The van der Waals surface area contributed by atoms with Crippen molar-refractivity contribution in [3.05, 3.63) is 89.4 Å². The summed E-state index contributed by atoms with van der Waals surface area (Å²) >= 11 is 0. The zero-order valence-corrected chi connectivity index (χ0v) is 17.4. The molecule has 0 atom stereocenters. The SMILES string of the molecule is Cn1cccc1P(=Nc1ccc([N+](=O)[O-])cc1)(c1cccn1C)c1cccn1C. The Labute approximate surface area is 169 Å². The Bertz CT molecular complexity index is 1120. The average molecular weight is 407 g/mol. The van der Waals surface area contributed by atoms with E-state index in [-0.39, 0.29) is 5.69 Å². The molecule has 0 radical (unpaired) electrons. The van der Waals surface area contributed by atoms with Crippen LogP contribution in [0.2, 0.25) is 0 Å². The Morgan fingerprint density at radius 1 is 0.759 bits per heavy atom. The van der Waals surface area contributed by atoms with E-state index in [2.05, 4.69) is 31.9 Å². The van der Waals surface area contributed by atoms with Gasteiger partial charge in [-0.1, -0.05) is 0 Å². The zero-order valence-electron chi connectivity index (χ0n) is 16.5. The van der Waals surface area contributed by atoms with Gasteiger partial charge in [-0.15, -0.1) is 0 Å². The fraction of sp³-hybridized carbons (Fsp3) is 0.143. The average Bonchev–Trinajstić information content (AvgIpc) is 3.43. The third-order valence-corrected chi connectivity index (χ3v) is 8.98. The van der Waals surface area contributed by atoms with Crippen molar-refractivity contribution >= 4 is 34.7 Å². The van der Waals surface area contributed by atoms with Crippen molar-refractivity contribution in [2.24, 2.45) is 25.9 Å².